The molecule has 7 nitrogen and oxygen atoms in total. The van der Waals surface area contributed by atoms with Crippen LogP contribution in [0, 0.1) is 5.92 Å². The van der Waals surface area contributed by atoms with Gasteiger partial charge in [0.1, 0.15) is 17.9 Å². The predicted molar refractivity (Wildman–Crippen MR) is 88.1 cm³/mol. The number of alkyl halides is 3. The molecule has 1 unspecified atom stereocenters. The normalized spacial score (nSPS) is 17.5. The zero-order valence-electron chi connectivity index (χ0n) is 14.7. The van der Waals surface area contributed by atoms with Crippen molar-refractivity contribution >= 4 is 17.8 Å². The number of rotatable bonds is 5. The molecule has 1 N–H and O–H groups in total. The van der Waals surface area contributed by atoms with Crippen LogP contribution in [0.2, 0.25) is 0 Å². The molecule has 0 bridgehead atoms. The zero-order chi connectivity index (χ0) is 20.2. The Balaban J connectivity index is 2.10. The number of amides is 2. The van der Waals surface area contributed by atoms with E-state index in [2.05, 4.69) is 4.98 Å². The molecule has 0 aliphatic carbocycles. The van der Waals surface area contributed by atoms with E-state index in [1.54, 1.807) is 0 Å². The van der Waals surface area contributed by atoms with E-state index in [4.69, 9.17) is 5.11 Å². The van der Waals surface area contributed by atoms with Crippen molar-refractivity contribution in [3.05, 3.63) is 29.6 Å². The van der Waals surface area contributed by atoms with E-state index >= 15 is 0 Å². The van der Waals surface area contributed by atoms with E-state index in [1.807, 2.05) is 0 Å². The number of likely N-dealkylation sites (tertiary alicyclic amines) is 1. The van der Waals surface area contributed by atoms with Crippen molar-refractivity contribution in [2.45, 2.75) is 25.9 Å². The second kappa shape index (κ2) is 8.36. The average Bonchev–Trinajstić information content (AvgIpc) is 2.64. The predicted octanol–water partition coefficient (Wildman–Crippen LogP) is 2.04. The Labute approximate surface area is 153 Å². The number of piperidine rings is 1. The van der Waals surface area contributed by atoms with Crippen LogP contribution in [0.5, 0.6) is 0 Å². The summed E-state index contributed by atoms with van der Waals surface area (Å²) in [6.07, 6.45) is -3.64. The molecule has 0 spiro atoms. The molecule has 1 aliphatic heterocycles. The molecule has 0 aromatic carbocycles. The molecule has 2 rings (SSSR count). The summed E-state index contributed by atoms with van der Waals surface area (Å²) < 4.78 is 37.9. The maximum absolute atomic E-state index is 12.6. The first-order chi connectivity index (χ1) is 12.6. The largest absolute Gasteiger partial charge is 0.477 e. The molecule has 148 valence electrons. The van der Waals surface area contributed by atoms with Gasteiger partial charge in [0.15, 0.2) is 0 Å². The lowest BCUT2D eigenvalue weighted by atomic mass is 9.96. The number of hydrogen-bond acceptors (Lipinski definition) is 4. The lowest BCUT2D eigenvalue weighted by Gasteiger charge is -2.34. The van der Waals surface area contributed by atoms with Gasteiger partial charge in [-0.25, -0.2) is 9.78 Å². The van der Waals surface area contributed by atoms with Crippen molar-refractivity contribution in [3.8, 4) is 0 Å². The van der Waals surface area contributed by atoms with Gasteiger partial charge in [0, 0.05) is 19.6 Å². The first kappa shape index (κ1) is 20.7. The average molecular weight is 387 g/mol. The topological polar surface area (TPSA) is 90.8 Å². The van der Waals surface area contributed by atoms with Crippen molar-refractivity contribution in [3.63, 3.8) is 0 Å². The summed E-state index contributed by atoms with van der Waals surface area (Å²) in [5.74, 6) is -3.19. The minimum atomic E-state index is -4.49. The van der Waals surface area contributed by atoms with Crippen molar-refractivity contribution in [1.82, 2.24) is 14.8 Å². The van der Waals surface area contributed by atoms with Crippen LogP contribution in [0.3, 0.4) is 0 Å². The molecule has 27 heavy (non-hydrogen) atoms. The summed E-state index contributed by atoms with van der Waals surface area (Å²) in [6.45, 7) is 0.370. The van der Waals surface area contributed by atoms with Crippen LogP contribution in [-0.4, -0.2) is 70.0 Å². The molecule has 1 aliphatic rings. The van der Waals surface area contributed by atoms with E-state index in [0.29, 0.717) is 19.4 Å². The summed E-state index contributed by atoms with van der Waals surface area (Å²) in [5, 5.41) is 8.97. The SMILES string of the molecule is CCN(CC(F)(F)F)C(=O)C1CCCN(C(=O)c2cccc(C(=O)O)n2)C1. The molecule has 0 saturated carbocycles. The van der Waals surface area contributed by atoms with E-state index in [9.17, 15) is 27.6 Å². The molecule has 2 heterocycles. The van der Waals surface area contributed by atoms with E-state index in [0.717, 1.165) is 4.90 Å². The minimum Gasteiger partial charge on any atom is -0.477 e. The number of carboxylic acid groups (broad SMARTS) is 1. The highest BCUT2D eigenvalue weighted by molar-refractivity contribution is 5.94. The van der Waals surface area contributed by atoms with Crippen molar-refractivity contribution in [2.75, 3.05) is 26.2 Å². The first-order valence-electron chi connectivity index (χ1n) is 8.47. The van der Waals surface area contributed by atoms with Crippen LogP contribution in [0.15, 0.2) is 18.2 Å². The van der Waals surface area contributed by atoms with Crippen molar-refractivity contribution in [1.29, 1.82) is 0 Å². The van der Waals surface area contributed by atoms with Gasteiger partial charge in [-0.2, -0.15) is 13.2 Å². The van der Waals surface area contributed by atoms with Crippen molar-refractivity contribution < 1.29 is 32.7 Å². The van der Waals surface area contributed by atoms with E-state index < -0.39 is 36.4 Å². The number of hydrogen-bond donors (Lipinski definition) is 1. The maximum Gasteiger partial charge on any atom is 0.406 e. The van der Waals surface area contributed by atoms with Gasteiger partial charge in [-0.3, -0.25) is 9.59 Å². The molecule has 1 aromatic rings. The number of halogens is 3. The number of carbonyl (C=O) groups excluding carboxylic acids is 2. The van der Waals surface area contributed by atoms with Crippen molar-refractivity contribution in [2.24, 2.45) is 5.92 Å². The van der Waals surface area contributed by atoms with Crippen LogP contribution in [-0.2, 0) is 4.79 Å². The molecule has 0 radical (unpaired) electrons. The quantitative estimate of drug-likeness (QED) is 0.835. The Kier molecular flexibility index (Phi) is 6.40. The van der Waals surface area contributed by atoms with Gasteiger partial charge in [0.2, 0.25) is 5.91 Å². The van der Waals surface area contributed by atoms with Crippen LogP contribution >= 0.6 is 0 Å². The standard InChI is InChI=1S/C17H20F3N3O4/c1-2-22(10-17(18,19)20)14(24)11-5-4-8-23(9-11)15(25)12-6-3-7-13(21-12)16(26)27/h3,6-7,11H,2,4-5,8-10H2,1H3,(H,26,27). The Hall–Kier alpha value is -2.65. The van der Waals surface area contributed by atoms with Gasteiger partial charge >= 0.3 is 12.1 Å². The first-order valence-corrected chi connectivity index (χ1v) is 8.47. The molecular formula is C17H20F3N3O4. The molecule has 1 aromatic heterocycles. The molecule has 10 heteroatoms. The fourth-order valence-corrected chi connectivity index (χ4v) is 3.02. The number of nitrogens with zero attached hydrogens (tertiary/aromatic N) is 3. The summed E-state index contributed by atoms with van der Waals surface area (Å²) in [5.41, 5.74) is -0.363. The Morgan fingerprint density at radius 2 is 1.96 bits per heavy atom. The third kappa shape index (κ3) is 5.41. The molecule has 1 atom stereocenters. The lowest BCUT2D eigenvalue weighted by Crippen LogP contribution is -2.48. The lowest BCUT2D eigenvalue weighted by molar-refractivity contribution is -0.164. The minimum absolute atomic E-state index is 0.0228. The Morgan fingerprint density at radius 1 is 1.30 bits per heavy atom. The highest BCUT2D eigenvalue weighted by Crippen LogP contribution is 2.23. The van der Waals surface area contributed by atoms with Gasteiger partial charge in [0.25, 0.3) is 5.91 Å². The highest BCUT2D eigenvalue weighted by atomic mass is 19.4. The fraction of sp³-hybridized carbons (Fsp3) is 0.529. The third-order valence-electron chi connectivity index (χ3n) is 4.31. The van der Waals surface area contributed by atoms with Gasteiger partial charge in [-0.15, -0.1) is 0 Å². The van der Waals surface area contributed by atoms with Gasteiger partial charge < -0.3 is 14.9 Å². The zero-order valence-corrected chi connectivity index (χ0v) is 14.7. The van der Waals surface area contributed by atoms with Crippen LogP contribution in [0.1, 0.15) is 40.7 Å². The fourth-order valence-electron chi connectivity index (χ4n) is 3.02. The van der Waals surface area contributed by atoms with Gasteiger partial charge in [0.05, 0.1) is 5.92 Å². The monoisotopic (exact) mass is 387 g/mol. The number of aromatic nitrogens is 1. The molecule has 2 amide bonds. The number of carbonyl (C=O) groups is 3. The number of carboxylic acids is 1. The van der Waals surface area contributed by atoms with E-state index in [-0.39, 0.29) is 24.5 Å². The van der Waals surface area contributed by atoms with Gasteiger partial charge in [-0.05, 0) is 31.9 Å². The van der Waals surface area contributed by atoms with Crippen LogP contribution in [0.25, 0.3) is 0 Å². The van der Waals surface area contributed by atoms with Crippen LogP contribution < -0.4 is 0 Å². The summed E-state index contributed by atoms with van der Waals surface area (Å²) in [7, 11) is 0. The number of aromatic carboxylic acids is 1. The smallest absolute Gasteiger partial charge is 0.406 e. The molecule has 1 saturated heterocycles. The summed E-state index contributed by atoms with van der Waals surface area (Å²) >= 11 is 0. The summed E-state index contributed by atoms with van der Waals surface area (Å²) in [4.78, 5) is 41.9. The van der Waals surface area contributed by atoms with Crippen LogP contribution in [0.4, 0.5) is 13.2 Å². The molecular weight excluding hydrogens is 367 g/mol. The number of pyridine rings is 1. The Morgan fingerprint density at radius 3 is 2.56 bits per heavy atom. The summed E-state index contributed by atoms with van der Waals surface area (Å²) in [6, 6.07) is 4.00. The third-order valence-corrected chi connectivity index (χ3v) is 4.31. The Bertz CT molecular complexity index is 724. The second-order valence-electron chi connectivity index (χ2n) is 6.27. The van der Waals surface area contributed by atoms with Gasteiger partial charge in [-0.1, -0.05) is 6.07 Å². The van der Waals surface area contributed by atoms with E-state index in [1.165, 1.54) is 30.0 Å². The second-order valence-corrected chi connectivity index (χ2v) is 6.27. The highest BCUT2D eigenvalue weighted by Gasteiger charge is 2.37. The molecule has 1 fully saturated rings. The maximum atomic E-state index is 12.6.